The molecule has 0 saturated carbocycles. The summed E-state index contributed by atoms with van der Waals surface area (Å²) >= 11 is 12.0. The van der Waals surface area contributed by atoms with Crippen LogP contribution in [0.25, 0.3) is 0 Å². The molecule has 102 valence electrons. The quantitative estimate of drug-likeness (QED) is 0.831. The zero-order valence-corrected chi connectivity index (χ0v) is 12.6. The summed E-state index contributed by atoms with van der Waals surface area (Å²) in [4.78, 5) is 2.29. The summed E-state index contributed by atoms with van der Waals surface area (Å²) in [6, 6.07) is 8.10. The third kappa shape index (κ3) is 3.42. The number of likely N-dealkylation sites (tertiary alicyclic amines) is 1. The Morgan fingerprint density at radius 3 is 2.47 bits per heavy atom. The number of nitriles is 1. The number of hydrogen-bond acceptors (Lipinski definition) is 2. The van der Waals surface area contributed by atoms with Crippen molar-refractivity contribution in [3.05, 3.63) is 33.8 Å². The molecule has 0 spiro atoms. The highest BCUT2D eigenvalue weighted by molar-refractivity contribution is 6.42. The summed E-state index contributed by atoms with van der Waals surface area (Å²) in [5.41, 5.74) is 0.599. The molecule has 0 aliphatic carbocycles. The van der Waals surface area contributed by atoms with E-state index < -0.39 is 5.54 Å². The Labute approximate surface area is 124 Å². The first-order valence-electron chi connectivity index (χ1n) is 6.65. The molecule has 4 heteroatoms. The van der Waals surface area contributed by atoms with Crippen molar-refractivity contribution in [2.24, 2.45) is 0 Å². The molecule has 0 radical (unpaired) electrons. The van der Waals surface area contributed by atoms with Crippen molar-refractivity contribution in [2.75, 3.05) is 13.1 Å². The normalized spacial score (nSPS) is 19.7. The van der Waals surface area contributed by atoms with E-state index >= 15 is 0 Å². The van der Waals surface area contributed by atoms with E-state index in [-0.39, 0.29) is 0 Å². The predicted octanol–water partition coefficient (Wildman–Crippen LogP) is 4.30. The Morgan fingerprint density at radius 1 is 1.21 bits per heavy atom. The fraction of sp³-hybridized carbons (Fsp3) is 0.533. The van der Waals surface area contributed by atoms with Gasteiger partial charge in [-0.2, -0.15) is 5.26 Å². The lowest BCUT2D eigenvalue weighted by Crippen LogP contribution is -2.49. The van der Waals surface area contributed by atoms with E-state index in [1.165, 1.54) is 19.3 Å². The van der Waals surface area contributed by atoms with Crippen molar-refractivity contribution in [3.63, 3.8) is 0 Å². The maximum absolute atomic E-state index is 9.57. The van der Waals surface area contributed by atoms with E-state index in [0.29, 0.717) is 16.5 Å². The monoisotopic (exact) mass is 296 g/mol. The van der Waals surface area contributed by atoms with E-state index in [1.54, 1.807) is 6.07 Å². The Bertz CT molecular complexity index is 489. The van der Waals surface area contributed by atoms with Gasteiger partial charge in [0.25, 0.3) is 0 Å². The van der Waals surface area contributed by atoms with Gasteiger partial charge < -0.3 is 0 Å². The van der Waals surface area contributed by atoms with Crippen molar-refractivity contribution in [1.29, 1.82) is 5.26 Å². The van der Waals surface area contributed by atoms with Crippen molar-refractivity contribution in [3.8, 4) is 6.07 Å². The van der Waals surface area contributed by atoms with Crippen LogP contribution in [0.2, 0.25) is 10.0 Å². The topological polar surface area (TPSA) is 27.0 Å². The second-order valence-electron chi connectivity index (χ2n) is 5.36. The number of benzene rings is 1. The molecule has 0 N–H and O–H groups in total. The summed E-state index contributed by atoms with van der Waals surface area (Å²) < 4.78 is 0. The molecular formula is C15H18Cl2N2. The van der Waals surface area contributed by atoms with E-state index in [9.17, 15) is 5.26 Å². The summed E-state index contributed by atoms with van der Waals surface area (Å²) in [7, 11) is 0. The Hall–Kier alpha value is -0.750. The average Bonchev–Trinajstić information content (AvgIpc) is 2.44. The zero-order valence-electron chi connectivity index (χ0n) is 11.1. The molecule has 1 aliphatic rings. The van der Waals surface area contributed by atoms with Crippen LogP contribution in [0.3, 0.4) is 0 Å². The second-order valence-corrected chi connectivity index (χ2v) is 6.17. The fourth-order valence-electron chi connectivity index (χ4n) is 2.66. The van der Waals surface area contributed by atoms with Gasteiger partial charge >= 0.3 is 0 Å². The molecule has 1 atom stereocenters. The lowest BCUT2D eigenvalue weighted by Gasteiger charge is -2.38. The fourth-order valence-corrected chi connectivity index (χ4v) is 2.98. The maximum Gasteiger partial charge on any atom is 0.110 e. The van der Waals surface area contributed by atoms with Crippen LogP contribution in [-0.4, -0.2) is 23.5 Å². The van der Waals surface area contributed by atoms with Gasteiger partial charge in [-0.05, 0) is 50.6 Å². The third-order valence-electron chi connectivity index (χ3n) is 3.83. The molecule has 1 aromatic rings. The second kappa shape index (κ2) is 6.13. The standard InChI is InChI=1S/C15H18Cl2N2/c1-15(11-18,19-7-3-2-4-8-19)10-12-5-6-13(16)14(17)9-12/h5-6,9H,2-4,7-8,10H2,1H3. The van der Waals surface area contributed by atoms with Crippen molar-refractivity contribution >= 4 is 23.2 Å². The summed E-state index contributed by atoms with van der Waals surface area (Å²) in [5, 5.41) is 10.7. The number of rotatable bonds is 3. The Kier molecular flexibility index (Phi) is 4.73. The molecule has 2 rings (SSSR count). The molecule has 2 nitrogen and oxygen atoms in total. The Balaban J connectivity index is 2.17. The lowest BCUT2D eigenvalue weighted by atomic mass is 9.90. The minimum atomic E-state index is -0.461. The molecule has 0 amide bonds. The van der Waals surface area contributed by atoms with Crippen molar-refractivity contribution in [2.45, 2.75) is 38.1 Å². The zero-order chi connectivity index (χ0) is 13.9. The van der Waals surface area contributed by atoms with Crippen LogP contribution in [0.1, 0.15) is 31.7 Å². The van der Waals surface area contributed by atoms with Crippen LogP contribution in [0.15, 0.2) is 18.2 Å². The van der Waals surface area contributed by atoms with Crippen molar-refractivity contribution < 1.29 is 0 Å². The van der Waals surface area contributed by atoms with Gasteiger partial charge in [0.1, 0.15) is 5.54 Å². The van der Waals surface area contributed by atoms with Gasteiger partial charge in [-0.25, -0.2) is 0 Å². The highest BCUT2D eigenvalue weighted by atomic mass is 35.5. The summed E-state index contributed by atoms with van der Waals surface area (Å²) in [6.45, 7) is 4.03. The van der Waals surface area contributed by atoms with E-state index in [2.05, 4.69) is 11.0 Å². The highest BCUT2D eigenvalue weighted by Gasteiger charge is 2.32. The van der Waals surface area contributed by atoms with E-state index in [0.717, 1.165) is 18.7 Å². The third-order valence-corrected chi connectivity index (χ3v) is 4.57. The van der Waals surface area contributed by atoms with Crippen molar-refractivity contribution in [1.82, 2.24) is 4.90 Å². The van der Waals surface area contributed by atoms with Crippen LogP contribution in [-0.2, 0) is 6.42 Å². The van der Waals surface area contributed by atoms with Gasteiger partial charge in [0.15, 0.2) is 0 Å². The van der Waals surface area contributed by atoms with Crippen LogP contribution in [0.5, 0.6) is 0 Å². The molecule has 1 aliphatic heterocycles. The SMILES string of the molecule is CC(C#N)(Cc1ccc(Cl)c(Cl)c1)N1CCCCC1. The summed E-state index contributed by atoms with van der Waals surface area (Å²) in [6.07, 6.45) is 4.31. The molecule has 1 heterocycles. The molecule has 1 saturated heterocycles. The molecular weight excluding hydrogens is 279 g/mol. The molecule has 0 aromatic heterocycles. The largest absolute Gasteiger partial charge is 0.285 e. The number of piperidine rings is 1. The first-order chi connectivity index (χ1) is 9.05. The maximum atomic E-state index is 9.57. The molecule has 1 unspecified atom stereocenters. The predicted molar refractivity (Wildman–Crippen MR) is 79.6 cm³/mol. The molecule has 0 bridgehead atoms. The van der Waals surface area contributed by atoms with E-state index in [1.807, 2.05) is 19.1 Å². The molecule has 19 heavy (non-hydrogen) atoms. The number of hydrogen-bond donors (Lipinski definition) is 0. The van der Waals surface area contributed by atoms with Gasteiger partial charge in [0, 0.05) is 6.42 Å². The minimum Gasteiger partial charge on any atom is -0.285 e. The van der Waals surface area contributed by atoms with Crippen LogP contribution in [0, 0.1) is 11.3 Å². The van der Waals surface area contributed by atoms with Crippen LogP contribution >= 0.6 is 23.2 Å². The molecule has 1 aromatic carbocycles. The van der Waals surface area contributed by atoms with Crippen LogP contribution < -0.4 is 0 Å². The number of halogens is 2. The Morgan fingerprint density at radius 2 is 1.89 bits per heavy atom. The van der Waals surface area contributed by atoms with Crippen LogP contribution in [0.4, 0.5) is 0 Å². The van der Waals surface area contributed by atoms with Gasteiger partial charge in [-0.1, -0.05) is 35.7 Å². The highest BCUT2D eigenvalue weighted by Crippen LogP contribution is 2.28. The van der Waals surface area contributed by atoms with Gasteiger partial charge in [-0.3, -0.25) is 4.90 Å². The van der Waals surface area contributed by atoms with E-state index in [4.69, 9.17) is 23.2 Å². The lowest BCUT2D eigenvalue weighted by molar-refractivity contribution is 0.124. The molecule has 1 fully saturated rings. The van der Waals surface area contributed by atoms with Gasteiger partial charge in [0.05, 0.1) is 16.1 Å². The first-order valence-corrected chi connectivity index (χ1v) is 7.41. The first kappa shape index (κ1) is 14.7. The number of nitrogens with zero attached hydrogens (tertiary/aromatic N) is 2. The summed E-state index contributed by atoms with van der Waals surface area (Å²) in [5.74, 6) is 0. The van der Waals surface area contributed by atoms with Gasteiger partial charge in [-0.15, -0.1) is 0 Å². The average molecular weight is 297 g/mol. The smallest absolute Gasteiger partial charge is 0.110 e. The van der Waals surface area contributed by atoms with Gasteiger partial charge in [0.2, 0.25) is 0 Å². The minimum absolute atomic E-state index is 0.461.